The number of rotatable bonds is 4. The van der Waals surface area contributed by atoms with Crippen LogP contribution in [0.25, 0.3) is 0 Å². The fourth-order valence-electron chi connectivity index (χ4n) is 4.23. The number of hydrogen-bond donors (Lipinski definition) is 0. The van der Waals surface area contributed by atoms with E-state index >= 15 is 0 Å². The first kappa shape index (κ1) is 17.4. The number of hydrogen-bond acceptors (Lipinski definition) is 2. The van der Waals surface area contributed by atoms with Crippen LogP contribution in [-0.4, -0.2) is 47.9 Å². The Morgan fingerprint density at radius 2 is 1.83 bits per heavy atom. The topological polar surface area (TPSA) is 23.6 Å². The van der Waals surface area contributed by atoms with E-state index in [1.807, 2.05) is 17.0 Å². The summed E-state index contributed by atoms with van der Waals surface area (Å²) >= 11 is 0. The zero-order chi connectivity index (χ0) is 16.9. The van der Waals surface area contributed by atoms with Gasteiger partial charge >= 0.3 is 0 Å². The van der Waals surface area contributed by atoms with Crippen molar-refractivity contribution in [1.82, 2.24) is 9.80 Å². The first-order valence-corrected chi connectivity index (χ1v) is 9.36. The summed E-state index contributed by atoms with van der Waals surface area (Å²) in [6.45, 7) is 5.89. The second-order valence-electron chi connectivity index (χ2n) is 7.41. The van der Waals surface area contributed by atoms with Crippen LogP contribution >= 0.6 is 0 Å². The molecule has 2 fully saturated rings. The highest BCUT2D eigenvalue weighted by atomic mass is 19.1. The first-order chi connectivity index (χ1) is 11.6. The van der Waals surface area contributed by atoms with Gasteiger partial charge < -0.3 is 4.90 Å². The number of carbonyl (C=O) groups excluding carboxylic acids is 1. The van der Waals surface area contributed by atoms with Crippen LogP contribution in [0.4, 0.5) is 4.39 Å². The monoisotopic (exact) mass is 332 g/mol. The van der Waals surface area contributed by atoms with Gasteiger partial charge in [-0.25, -0.2) is 4.39 Å². The van der Waals surface area contributed by atoms with Gasteiger partial charge in [0.15, 0.2) is 0 Å². The number of amides is 1. The van der Waals surface area contributed by atoms with Gasteiger partial charge in [-0.05, 0) is 68.7 Å². The van der Waals surface area contributed by atoms with Gasteiger partial charge in [-0.1, -0.05) is 12.1 Å². The molecule has 0 aromatic heterocycles. The van der Waals surface area contributed by atoms with Gasteiger partial charge in [-0.2, -0.15) is 0 Å². The van der Waals surface area contributed by atoms with Crippen molar-refractivity contribution in [2.24, 2.45) is 5.92 Å². The van der Waals surface area contributed by atoms with Gasteiger partial charge in [-0.3, -0.25) is 9.69 Å². The van der Waals surface area contributed by atoms with E-state index in [1.54, 1.807) is 19.1 Å². The maximum atomic E-state index is 13.0. The first-order valence-electron chi connectivity index (χ1n) is 9.36. The molecule has 0 aliphatic carbocycles. The Balaban J connectivity index is 1.46. The second kappa shape index (κ2) is 8.11. The van der Waals surface area contributed by atoms with Crippen LogP contribution in [0, 0.1) is 11.7 Å². The van der Waals surface area contributed by atoms with E-state index in [-0.39, 0.29) is 11.7 Å². The van der Waals surface area contributed by atoms with Crippen molar-refractivity contribution >= 4 is 5.91 Å². The Morgan fingerprint density at radius 3 is 2.50 bits per heavy atom. The zero-order valence-electron chi connectivity index (χ0n) is 14.7. The third-order valence-electron chi connectivity index (χ3n) is 5.73. The molecule has 0 unspecified atom stereocenters. The summed E-state index contributed by atoms with van der Waals surface area (Å²) in [4.78, 5) is 16.1. The van der Waals surface area contributed by atoms with Gasteiger partial charge in [0, 0.05) is 32.6 Å². The molecule has 0 saturated carbocycles. The standard InChI is InChI=1S/C20H29FN2O/c1-16(24)22-13-10-20(11-14-22)23-12-2-3-18(15-23)5-4-17-6-8-19(21)9-7-17/h6-9,18,20H,2-5,10-15H2,1H3/t18-/m1/s1. The zero-order valence-corrected chi connectivity index (χ0v) is 14.7. The predicted octanol–water partition coefficient (Wildman–Crippen LogP) is 3.48. The number of benzene rings is 1. The largest absolute Gasteiger partial charge is 0.343 e. The molecule has 1 amide bonds. The van der Waals surface area contributed by atoms with Crippen LogP contribution in [0.1, 0.15) is 44.6 Å². The highest BCUT2D eigenvalue weighted by molar-refractivity contribution is 5.73. The van der Waals surface area contributed by atoms with Crippen molar-refractivity contribution in [1.29, 1.82) is 0 Å². The van der Waals surface area contributed by atoms with Crippen LogP contribution in [0.5, 0.6) is 0 Å². The minimum absolute atomic E-state index is 0.153. The number of piperidine rings is 2. The predicted molar refractivity (Wildman–Crippen MR) is 94.3 cm³/mol. The molecular weight excluding hydrogens is 303 g/mol. The van der Waals surface area contributed by atoms with Crippen molar-refractivity contribution in [3.63, 3.8) is 0 Å². The summed E-state index contributed by atoms with van der Waals surface area (Å²) < 4.78 is 13.0. The Kier molecular flexibility index (Phi) is 5.88. The quantitative estimate of drug-likeness (QED) is 0.843. The molecule has 4 heteroatoms. The number of nitrogens with zero attached hydrogens (tertiary/aromatic N) is 2. The van der Waals surface area contributed by atoms with E-state index < -0.39 is 0 Å². The second-order valence-corrected chi connectivity index (χ2v) is 7.41. The molecular formula is C20H29FN2O. The van der Waals surface area contributed by atoms with Crippen LogP contribution in [0.2, 0.25) is 0 Å². The molecule has 1 atom stereocenters. The van der Waals surface area contributed by atoms with Gasteiger partial charge in [0.2, 0.25) is 5.91 Å². The number of carbonyl (C=O) groups is 1. The maximum absolute atomic E-state index is 13.0. The lowest BCUT2D eigenvalue weighted by Gasteiger charge is -2.42. The van der Waals surface area contributed by atoms with Crippen molar-refractivity contribution in [3.8, 4) is 0 Å². The highest BCUT2D eigenvalue weighted by Crippen LogP contribution is 2.26. The maximum Gasteiger partial charge on any atom is 0.219 e. The average molecular weight is 332 g/mol. The average Bonchev–Trinajstić information content (AvgIpc) is 2.61. The molecule has 132 valence electrons. The van der Waals surface area contributed by atoms with E-state index in [2.05, 4.69) is 4.90 Å². The molecule has 1 aromatic carbocycles. The summed E-state index contributed by atoms with van der Waals surface area (Å²) in [7, 11) is 0. The molecule has 0 spiro atoms. The lowest BCUT2D eigenvalue weighted by molar-refractivity contribution is -0.130. The summed E-state index contributed by atoms with van der Waals surface area (Å²) in [5, 5.41) is 0. The smallest absolute Gasteiger partial charge is 0.219 e. The number of halogens is 1. The Hall–Kier alpha value is -1.42. The van der Waals surface area contributed by atoms with E-state index in [4.69, 9.17) is 0 Å². The van der Waals surface area contributed by atoms with Crippen molar-refractivity contribution in [2.75, 3.05) is 26.2 Å². The van der Waals surface area contributed by atoms with E-state index in [0.717, 1.165) is 38.3 Å². The molecule has 2 aliphatic heterocycles. The SMILES string of the molecule is CC(=O)N1CCC(N2CCC[C@H](CCc3ccc(F)cc3)C2)CC1. The van der Waals surface area contributed by atoms with Crippen LogP contribution in [0.3, 0.4) is 0 Å². The third kappa shape index (κ3) is 4.56. The Morgan fingerprint density at radius 1 is 1.12 bits per heavy atom. The number of aryl methyl sites for hydroxylation is 1. The lowest BCUT2D eigenvalue weighted by Crippen LogP contribution is -2.49. The molecule has 3 rings (SSSR count). The molecule has 3 nitrogen and oxygen atoms in total. The molecule has 0 bridgehead atoms. The summed E-state index contributed by atoms with van der Waals surface area (Å²) in [5.41, 5.74) is 1.24. The molecule has 1 aromatic rings. The van der Waals surface area contributed by atoms with Gasteiger partial charge in [0.25, 0.3) is 0 Å². The van der Waals surface area contributed by atoms with Crippen molar-refractivity contribution in [2.45, 2.75) is 51.5 Å². The van der Waals surface area contributed by atoms with Crippen LogP contribution in [-0.2, 0) is 11.2 Å². The van der Waals surface area contributed by atoms with E-state index in [9.17, 15) is 9.18 Å². The lowest BCUT2D eigenvalue weighted by atomic mass is 9.89. The highest BCUT2D eigenvalue weighted by Gasteiger charge is 2.29. The molecule has 2 aliphatic rings. The molecule has 0 radical (unpaired) electrons. The Labute approximate surface area is 144 Å². The Bertz CT molecular complexity index is 537. The minimum atomic E-state index is -0.153. The summed E-state index contributed by atoms with van der Waals surface area (Å²) in [6, 6.07) is 7.59. The van der Waals surface area contributed by atoms with E-state index in [0.29, 0.717) is 6.04 Å². The van der Waals surface area contributed by atoms with Gasteiger partial charge in [0.1, 0.15) is 5.82 Å². The normalized spacial score (nSPS) is 23.4. The third-order valence-corrected chi connectivity index (χ3v) is 5.73. The summed E-state index contributed by atoms with van der Waals surface area (Å²) in [5.74, 6) is 0.804. The molecule has 2 heterocycles. The summed E-state index contributed by atoms with van der Waals surface area (Å²) in [6.07, 6.45) is 7.05. The van der Waals surface area contributed by atoms with Crippen molar-refractivity contribution < 1.29 is 9.18 Å². The van der Waals surface area contributed by atoms with Crippen LogP contribution < -0.4 is 0 Å². The van der Waals surface area contributed by atoms with Gasteiger partial charge in [-0.15, -0.1) is 0 Å². The fraction of sp³-hybridized carbons (Fsp3) is 0.650. The fourth-order valence-corrected chi connectivity index (χ4v) is 4.23. The van der Waals surface area contributed by atoms with E-state index in [1.165, 1.54) is 37.9 Å². The van der Waals surface area contributed by atoms with Crippen molar-refractivity contribution in [3.05, 3.63) is 35.6 Å². The molecule has 24 heavy (non-hydrogen) atoms. The molecule has 2 saturated heterocycles. The molecule has 0 N–H and O–H groups in total. The number of likely N-dealkylation sites (tertiary alicyclic amines) is 2. The van der Waals surface area contributed by atoms with Crippen LogP contribution in [0.15, 0.2) is 24.3 Å². The minimum Gasteiger partial charge on any atom is -0.343 e. The van der Waals surface area contributed by atoms with Gasteiger partial charge in [0.05, 0.1) is 0 Å².